The fraction of sp³-hybridized carbons (Fsp3) is 0.875. The molecule has 0 heterocycles. The Kier molecular flexibility index (Phi) is 4.99. The monoisotopic (exact) mass is 388 g/mol. The van der Waals surface area contributed by atoms with Gasteiger partial charge in [-0.2, -0.15) is 0 Å². The Hall–Kier alpha value is -1.19. The van der Waals surface area contributed by atoms with E-state index in [1.807, 2.05) is 6.92 Å². The summed E-state index contributed by atoms with van der Waals surface area (Å²) in [5.74, 6) is 2.41. The lowest BCUT2D eigenvalue weighted by molar-refractivity contribution is -0.163. The molecule has 4 nitrogen and oxygen atoms in total. The molecule has 4 rings (SSSR count). The maximum absolute atomic E-state index is 13.1. The summed E-state index contributed by atoms with van der Waals surface area (Å²) in [5, 5.41) is 0. The van der Waals surface area contributed by atoms with Gasteiger partial charge in [-0.15, -0.1) is 0 Å². The molecule has 4 aliphatic rings. The summed E-state index contributed by atoms with van der Waals surface area (Å²) in [7, 11) is 0. The lowest BCUT2D eigenvalue weighted by Gasteiger charge is -2.59. The lowest BCUT2D eigenvalue weighted by atomic mass is 9.44. The first kappa shape index (κ1) is 20.1. The molecule has 0 spiro atoms. The van der Waals surface area contributed by atoms with Gasteiger partial charge in [0.2, 0.25) is 0 Å². The van der Waals surface area contributed by atoms with Crippen molar-refractivity contribution >= 4 is 17.5 Å². The van der Waals surface area contributed by atoms with Gasteiger partial charge in [-0.05, 0) is 67.6 Å². The van der Waals surface area contributed by atoms with E-state index in [0.29, 0.717) is 55.1 Å². The third-order valence-electron chi connectivity index (χ3n) is 9.53. The Balaban J connectivity index is 1.58. The van der Waals surface area contributed by atoms with Crippen LogP contribution in [0.4, 0.5) is 0 Å². The predicted molar refractivity (Wildman–Crippen MR) is 106 cm³/mol. The summed E-state index contributed by atoms with van der Waals surface area (Å²) < 4.78 is 5.73. The van der Waals surface area contributed by atoms with E-state index in [0.717, 1.165) is 32.1 Å². The zero-order chi connectivity index (χ0) is 20.3. The second kappa shape index (κ2) is 6.95. The van der Waals surface area contributed by atoms with Crippen molar-refractivity contribution in [1.82, 2.24) is 0 Å². The van der Waals surface area contributed by atoms with Crippen LogP contribution in [0.2, 0.25) is 0 Å². The Bertz CT molecular complexity index is 684. The summed E-state index contributed by atoms with van der Waals surface area (Å²) in [6.45, 7) is 8.61. The largest absolute Gasteiger partial charge is 0.462 e. The molecule has 4 fully saturated rings. The van der Waals surface area contributed by atoms with E-state index >= 15 is 0 Å². The van der Waals surface area contributed by atoms with E-state index < -0.39 is 0 Å². The number of hydrogen-bond acceptors (Lipinski definition) is 4. The van der Waals surface area contributed by atoms with Crippen LogP contribution in [0.15, 0.2) is 0 Å². The van der Waals surface area contributed by atoms with Crippen LogP contribution < -0.4 is 0 Å². The summed E-state index contributed by atoms with van der Waals surface area (Å²) in [4.78, 5) is 37.0. The summed E-state index contributed by atoms with van der Waals surface area (Å²) in [6, 6.07) is 0. The van der Waals surface area contributed by atoms with Gasteiger partial charge >= 0.3 is 5.97 Å². The number of fused-ring (bicyclic) bond motifs is 5. The van der Waals surface area contributed by atoms with E-state index in [-0.39, 0.29) is 34.6 Å². The summed E-state index contributed by atoms with van der Waals surface area (Å²) in [6.07, 6.45) is 7.60. The van der Waals surface area contributed by atoms with Crippen molar-refractivity contribution in [2.75, 3.05) is 0 Å². The molecule has 28 heavy (non-hydrogen) atoms. The molecule has 4 heteroatoms. The van der Waals surface area contributed by atoms with Gasteiger partial charge in [0.25, 0.3) is 0 Å². The molecule has 0 aliphatic heterocycles. The van der Waals surface area contributed by atoms with Crippen molar-refractivity contribution in [2.24, 2.45) is 40.4 Å². The molecule has 0 aromatic rings. The zero-order valence-corrected chi connectivity index (χ0v) is 18.0. The highest BCUT2D eigenvalue weighted by Crippen LogP contribution is 2.67. The number of Topliss-reactive ketones (excluding diaryl/α,β-unsaturated/α-hetero) is 2. The van der Waals surface area contributed by atoms with Gasteiger partial charge in [-0.25, -0.2) is 0 Å². The first-order valence-corrected chi connectivity index (χ1v) is 11.4. The Morgan fingerprint density at radius 2 is 1.79 bits per heavy atom. The van der Waals surface area contributed by atoms with Crippen LogP contribution in [0.3, 0.4) is 0 Å². The highest BCUT2D eigenvalue weighted by atomic mass is 16.5. The Morgan fingerprint density at radius 1 is 1.07 bits per heavy atom. The molecule has 8 atom stereocenters. The van der Waals surface area contributed by atoms with E-state index in [2.05, 4.69) is 20.8 Å². The third kappa shape index (κ3) is 2.89. The molecule has 0 aromatic carbocycles. The van der Waals surface area contributed by atoms with Crippen LogP contribution in [0.5, 0.6) is 0 Å². The minimum atomic E-state index is -0.108. The molecule has 0 bridgehead atoms. The standard InChI is InChI=1S/C24H36O4/c1-5-22(27)28-14(2)17-6-7-18-16-13-21(26)20-12-15(25)8-10-24(20,4)19(16)9-11-23(17,18)3/h14,16-20H,5-13H2,1-4H3. The van der Waals surface area contributed by atoms with Crippen LogP contribution in [-0.2, 0) is 19.1 Å². The zero-order valence-electron chi connectivity index (χ0n) is 18.0. The maximum Gasteiger partial charge on any atom is 0.305 e. The van der Waals surface area contributed by atoms with Gasteiger partial charge in [0, 0.05) is 37.5 Å². The minimum absolute atomic E-state index is 0.00756. The highest BCUT2D eigenvalue weighted by molar-refractivity contribution is 5.90. The number of hydrogen-bond donors (Lipinski definition) is 0. The van der Waals surface area contributed by atoms with Crippen molar-refractivity contribution in [3.05, 3.63) is 0 Å². The molecule has 8 unspecified atom stereocenters. The average Bonchev–Trinajstić information content (AvgIpc) is 3.00. The molecular formula is C24H36O4. The minimum Gasteiger partial charge on any atom is -0.462 e. The molecule has 0 aromatic heterocycles. The molecule has 0 saturated heterocycles. The van der Waals surface area contributed by atoms with Gasteiger partial charge in [0.05, 0.1) is 0 Å². The Labute approximate surface area is 169 Å². The fourth-order valence-electron chi connectivity index (χ4n) is 8.02. The number of rotatable bonds is 3. The second-order valence-corrected chi connectivity index (χ2v) is 10.6. The number of carbonyl (C=O) groups is 3. The first-order valence-electron chi connectivity index (χ1n) is 11.4. The normalized spacial score (nSPS) is 46.4. The predicted octanol–water partition coefficient (Wildman–Crippen LogP) is 4.74. The number of ketones is 2. The van der Waals surface area contributed by atoms with Crippen molar-refractivity contribution in [2.45, 2.75) is 91.6 Å². The van der Waals surface area contributed by atoms with Crippen LogP contribution in [-0.4, -0.2) is 23.6 Å². The van der Waals surface area contributed by atoms with Crippen LogP contribution in [0.25, 0.3) is 0 Å². The topological polar surface area (TPSA) is 60.4 Å². The molecule has 0 N–H and O–H groups in total. The summed E-state index contributed by atoms with van der Waals surface area (Å²) in [5.41, 5.74) is 0.163. The maximum atomic E-state index is 13.1. The second-order valence-electron chi connectivity index (χ2n) is 10.6. The van der Waals surface area contributed by atoms with Crippen LogP contribution in [0, 0.1) is 40.4 Å². The van der Waals surface area contributed by atoms with E-state index in [4.69, 9.17) is 4.74 Å². The number of ether oxygens (including phenoxy) is 1. The van der Waals surface area contributed by atoms with Gasteiger partial charge < -0.3 is 4.74 Å². The molecule has 0 radical (unpaired) electrons. The van der Waals surface area contributed by atoms with Crippen molar-refractivity contribution in [3.63, 3.8) is 0 Å². The highest BCUT2D eigenvalue weighted by Gasteiger charge is 2.62. The fourth-order valence-corrected chi connectivity index (χ4v) is 8.02. The Morgan fingerprint density at radius 3 is 2.50 bits per heavy atom. The third-order valence-corrected chi connectivity index (χ3v) is 9.53. The average molecular weight is 389 g/mol. The molecular weight excluding hydrogens is 352 g/mol. The number of carbonyl (C=O) groups excluding carboxylic acids is 3. The quantitative estimate of drug-likeness (QED) is 0.656. The van der Waals surface area contributed by atoms with Crippen LogP contribution in [0.1, 0.15) is 85.5 Å². The van der Waals surface area contributed by atoms with Crippen molar-refractivity contribution in [1.29, 1.82) is 0 Å². The first-order chi connectivity index (χ1) is 13.2. The molecule has 4 saturated carbocycles. The van der Waals surface area contributed by atoms with Gasteiger partial charge in [-0.3, -0.25) is 14.4 Å². The summed E-state index contributed by atoms with van der Waals surface area (Å²) >= 11 is 0. The van der Waals surface area contributed by atoms with Crippen molar-refractivity contribution < 1.29 is 19.1 Å². The van der Waals surface area contributed by atoms with Gasteiger partial charge in [0.15, 0.2) is 0 Å². The SMILES string of the molecule is CCC(=O)OC(C)C1CCC2C3CC(=O)C4CC(=O)CCC4(C)C3CCC12C. The van der Waals surface area contributed by atoms with Gasteiger partial charge in [-0.1, -0.05) is 20.8 Å². The van der Waals surface area contributed by atoms with E-state index in [1.54, 1.807) is 0 Å². The number of esters is 1. The lowest BCUT2D eigenvalue weighted by Crippen LogP contribution is -2.57. The molecule has 156 valence electrons. The smallest absolute Gasteiger partial charge is 0.305 e. The van der Waals surface area contributed by atoms with E-state index in [9.17, 15) is 14.4 Å². The van der Waals surface area contributed by atoms with Crippen LogP contribution >= 0.6 is 0 Å². The molecule has 4 aliphatic carbocycles. The van der Waals surface area contributed by atoms with E-state index in [1.165, 1.54) is 0 Å². The molecule has 0 amide bonds. The van der Waals surface area contributed by atoms with Gasteiger partial charge in [0.1, 0.15) is 17.7 Å². The van der Waals surface area contributed by atoms with Crippen molar-refractivity contribution in [3.8, 4) is 0 Å².